The zero-order chi connectivity index (χ0) is 8.27. The Balaban J connectivity index is 3.08. The molecule has 0 bridgehead atoms. The number of hydrogen-bond donors (Lipinski definition) is 2. The van der Waals surface area contributed by atoms with E-state index in [9.17, 15) is 4.21 Å². The van der Waals surface area contributed by atoms with Crippen LogP contribution in [0.15, 0.2) is 24.3 Å². The van der Waals surface area contributed by atoms with Crippen LogP contribution in [0.1, 0.15) is 5.56 Å². The SMILES string of the molecule is NC(=S=O)c1ccc(N)cc1. The summed E-state index contributed by atoms with van der Waals surface area (Å²) in [6.45, 7) is 0. The normalized spacial score (nSPS) is 9.18. The zero-order valence-electron chi connectivity index (χ0n) is 5.78. The third-order valence-corrected chi connectivity index (χ3v) is 1.70. The minimum Gasteiger partial charge on any atom is -0.399 e. The van der Waals surface area contributed by atoms with Gasteiger partial charge in [0.25, 0.3) is 0 Å². The van der Waals surface area contributed by atoms with Crippen LogP contribution in [0.5, 0.6) is 0 Å². The molecular formula is C7H8N2OS. The lowest BCUT2D eigenvalue weighted by Gasteiger charge is -1.96. The van der Waals surface area contributed by atoms with E-state index in [1.165, 1.54) is 0 Å². The number of anilines is 1. The number of rotatable bonds is 1. The second-order valence-electron chi connectivity index (χ2n) is 2.07. The molecule has 0 aliphatic heterocycles. The fraction of sp³-hybridized carbons (Fsp3) is 0. The molecule has 4 heteroatoms. The van der Waals surface area contributed by atoms with Gasteiger partial charge in [-0.15, -0.1) is 0 Å². The number of benzene rings is 1. The average Bonchev–Trinajstić information content (AvgIpc) is 2.05. The van der Waals surface area contributed by atoms with Crippen LogP contribution < -0.4 is 11.5 Å². The fourth-order valence-electron chi connectivity index (χ4n) is 0.695. The van der Waals surface area contributed by atoms with E-state index in [1.807, 2.05) is 0 Å². The highest BCUT2D eigenvalue weighted by Gasteiger charge is 1.94. The van der Waals surface area contributed by atoms with Gasteiger partial charge in [-0.2, -0.15) is 0 Å². The van der Waals surface area contributed by atoms with Crippen molar-refractivity contribution in [1.82, 2.24) is 0 Å². The molecule has 0 aliphatic rings. The summed E-state index contributed by atoms with van der Waals surface area (Å²) in [5.41, 5.74) is 12.2. The average molecular weight is 168 g/mol. The van der Waals surface area contributed by atoms with Crippen molar-refractivity contribution in [2.24, 2.45) is 5.73 Å². The molecule has 0 saturated carbocycles. The molecule has 3 nitrogen and oxygen atoms in total. The third kappa shape index (κ3) is 1.89. The van der Waals surface area contributed by atoms with Gasteiger partial charge in [0.05, 0.1) is 0 Å². The van der Waals surface area contributed by atoms with Crippen LogP contribution in [0, 0.1) is 0 Å². The van der Waals surface area contributed by atoms with Crippen molar-refractivity contribution in [2.45, 2.75) is 0 Å². The molecule has 0 aliphatic carbocycles. The molecule has 1 rings (SSSR count). The summed E-state index contributed by atoms with van der Waals surface area (Å²) in [6.07, 6.45) is 0. The van der Waals surface area contributed by atoms with Crippen LogP contribution in [0.25, 0.3) is 0 Å². The monoisotopic (exact) mass is 168 g/mol. The van der Waals surface area contributed by atoms with Gasteiger partial charge in [0, 0.05) is 11.3 Å². The minimum atomic E-state index is 0.269. The predicted molar refractivity (Wildman–Crippen MR) is 47.3 cm³/mol. The summed E-state index contributed by atoms with van der Waals surface area (Å²) in [5.74, 6) is 0. The maximum Gasteiger partial charge on any atom is 0.114 e. The van der Waals surface area contributed by atoms with Crippen LogP contribution in [0.3, 0.4) is 0 Å². The van der Waals surface area contributed by atoms with Crippen LogP contribution in [0.2, 0.25) is 0 Å². The molecule has 4 N–H and O–H groups in total. The van der Waals surface area contributed by atoms with Crippen molar-refractivity contribution in [3.63, 3.8) is 0 Å². The van der Waals surface area contributed by atoms with Crippen molar-refractivity contribution in [2.75, 3.05) is 5.73 Å². The Morgan fingerprint density at radius 2 is 1.82 bits per heavy atom. The quantitative estimate of drug-likeness (QED) is 0.455. The molecule has 1 aromatic rings. The summed E-state index contributed by atoms with van der Waals surface area (Å²) in [7, 11) is 0. The molecule has 0 unspecified atom stereocenters. The molecule has 0 heterocycles. The van der Waals surface area contributed by atoms with Gasteiger partial charge in [-0.3, -0.25) is 5.73 Å². The largest absolute Gasteiger partial charge is 0.399 e. The molecule has 11 heavy (non-hydrogen) atoms. The Bertz CT molecular complexity index is 301. The van der Waals surface area contributed by atoms with Gasteiger partial charge in [0.1, 0.15) is 16.2 Å². The van der Waals surface area contributed by atoms with Crippen LogP contribution in [-0.2, 0) is 11.3 Å². The first kappa shape index (κ1) is 7.97. The van der Waals surface area contributed by atoms with Crippen molar-refractivity contribution < 1.29 is 4.21 Å². The Morgan fingerprint density at radius 1 is 1.27 bits per heavy atom. The van der Waals surface area contributed by atoms with Gasteiger partial charge in [-0.05, 0) is 12.1 Å². The van der Waals surface area contributed by atoms with Gasteiger partial charge in [-0.1, -0.05) is 12.1 Å². The van der Waals surface area contributed by atoms with Gasteiger partial charge in [0.15, 0.2) is 0 Å². The van der Waals surface area contributed by atoms with Crippen molar-refractivity contribution in [1.29, 1.82) is 0 Å². The van der Waals surface area contributed by atoms with Gasteiger partial charge < -0.3 is 5.73 Å². The van der Waals surface area contributed by atoms with Crippen LogP contribution >= 0.6 is 0 Å². The molecule has 0 fully saturated rings. The van der Waals surface area contributed by atoms with E-state index in [0.717, 1.165) is 5.56 Å². The highest BCUT2D eigenvalue weighted by molar-refractivity contribution is 7.66. The first-order valence-electron chi connectivity index (χ1n) is 3.02. The van der Waals surface area contributed by atoms with Crippen molar-refractivity contribution in [3.8, 4) is 0 Å². The summed E-state index contributed by atoms with van der Waals surface area (Å²) < 4.78 is 10.2. The Morgan fingerprint density at radius 3 is 2.27 bits per heavy atom. The summed E-state index contributed by atoms with van der Waals surface area (Å²) in [4.78, 5) is 0.269. The maximum atomic E-state index is 10.2. The molecule has 0 saturated heterocycles. The number of hydrogen-bond acceptors (Lipinski definition) is 2. The Kier molecular flexibility index (Phi) is 2.40. The van der Waals surface area contributed by atoms with Crippen LogP contribution in [0.4, 0.5) is 5.69 Å². The lowest BCUT2D eigenvalue weighted by atomic mass is 10.2. The van der Waals surface area contributed by atoms with Crippen molar-refractivity contribution in [3.05, 3.63) is 29.8 Å². The highest BCUT2D eigenvalue weighted by atomic mass is 32.1. The fourth-order valence-corrected chi connectivity index (χ4v) is 0.928. The maximum absolute atomic E-state index is 10.2. The molecule has 58 valence electrons. The predicted octanol–water partition coefficient (Wildman–Crippen LogP) is -0.0815. The minimum absolute atomic E-state index is 0.269. The van der Waals surface area contributed by atoms with E-state index in [2.05, 4.69) is 0 Å². The first-order chi connectivity index (χ1) is 5.24. The van der Waals surface area contributed by atoms with E-state index >= 15 is 0 Å². The Hall–Kier alpha value is -1.13. The third-order valence-electron chi connectivity index (χ3n) is 1.28. The van der Waals surface area contributed by atoms with E-state index in [4.69, 9.17) is 11.5 Å². The lowest BCUT2D eigenvalue weighted by molar-refractivity contribution is 0.701. The molecule has 0 spiro atoms. The molecule has 1 aromatic carbocycles. The summed E-state index contributed by atoms with van der Waals surface area (Å²) >= 11 is 0.287. The van der Waals surface area contributed by atoms with E-state index < -0.39 is 0 Å². The lowest BCUT2D eigenvalue weighted by Crippen LogP contribution is -2.12. The second-order valence-corrected chi connectivity index (χ2v) is 2.68. The highest BCUT2D eigenvalue weighted by Crippen LogP contribution is 2.03. The molecule has 0 radical (unpaired) electrons. The topological polar surface area (TPSA) is 69.1 Å². The molecule has 0 amide bonds. The van der Waals surface area contributed by atoms with E-state index in [1.54, 1.807) is 24.3 Å². The second kappa shape index (κ2) is 3.32. The molecular weight excluding hydrogens is 160 g/mol. The summed E-state index contributed by atoms with van der Waals surface area (Å²) in [5, 5.41) is 0. The van der Waals surface area contributed by atoms with Gasteiger partial charge in [0.2, 0.25) is 0 Å². The number of nitrogens with two attached hydrogens (primary N) is 2. The summed E-state index contributed by atoms with van der Waals surface area (Å²) in [6, 6.07) is 6.85. The van der Waals surface area contributed by atoms with Crippen LogP contribution in [-0.4, -0.2) is 9.20 Å². The zero-order valence-corrected chi connectivity index (χ0v) is 6.60. The smallest absolute Gasteiger partial charge is 0.114 e. The van der Waals surface area contributed by atoms with Gasteiger partial charge in [-0.25, -0.2) is 4.21 Å². The standard InChI is InChI=1S/C7H8N2OS/c8-6-3-1-5(2-4-6)7(9)11-10/h1-4H,8-9H2. The van der Waals surface area contributed by atoms with E-state index in [0.29, 0.717) is 5.69 Å². The van der Waals surface area contributed by atoms with E-state index in [-0.39, 0.29) is 16.2 Å². The van der Waals surface area contributed by atoms with Gasteiger partial charge >= 0.3 is 0 Å². The molecule has 0 atom stereocenters. The number of nitrogen functional groups attached to an aromatic ring is 1. The molecule has 0 aromatic heterocycles. The van der Waals surface area contributed by atoms with Crippen molar-refractivity contribution >= 4 is 21.9 Å². The first-order valence-corrected chi connectivity index (χ1v) is 3.76. The Labute approximate surface area is 68.1 Å².